The summed E-state index contributed by atoms with van der Waals surface area (Å²) in [5, 5.41) is 3.31. The maximum atomic E-state index is 5.39. The summed E-state index contributed by atoms with van der Waals surface area (Å²) in [5.74, 6) is 0. The molecule has 0 heterocycles. The smallest absolute Gasteiger partial charge is 0.0737 e. The minimum atomic E-state index is 0.182. The molecule has 90 valence electrons. The van der Waals surface area contributed by atoms with E-state index < -0.39 is 0 Å². The van der Waals surface area contributed by atoms with E-state index in [-0.39, 0.29) is 12.1 Å². The largest absolute Gasteiger partial charge is 0.380 e. The Hall–Kier alpha value is -0.860. The molecule has 0 radical (unpaired) electrons. The normalized spacial score (nSPS) is 14.8. The molecule has 0 fully saturated rings. The molecule has 1 rings (SSSR count). The van der Waals surface area contributed by atoms with Crippen molar-refractivity contribution in [1.29, 1.82) is 0 Å². The molecule has 1 aromatic carbocycles. The molecular weight excluding hydrogens is 198 g/mol. The van der Waals surface area contributed by atoms with Crippen molar-refractivity contribution in [2.24, 2.45) is 0 Å². The highest BCUT2D eigenvalue weighted by atomic mass is 16.5. The molecule has 2 atom stereocenters. The van der Waals surface area contributed by atoms with Gasteiger partial charge in [0.1, 0.15) is 0 Å². The molecule has 0 saturated carbocycles. The third kappa shape index (κ3) is 3.32. The van der Waals surface area contributed by atoms with Gasteiger partial charge in [-0.3, -0.25) is 0 Å². The Bertz CT molecular complexity index is 311. The molecule has 1 N–H and O–H groups in total. The van der Waals surface area contributed by atoms with Crippen molar-refractivity contribution < 1.29 is 4.74 Å². The van der Waals surface area contributed by atoms with Crippen LogP contribution in [0.1, 0.15) is 37.4 Å². The van der Waals surface area contributed by atoms with Gasteiger partial charge in [0.05, 0.1) is 12.1 Å². The second-order valence-corrected chi connectivity index (χ2v) is 4.20. The summed E-state index contributed by atoms with van der Waals surface area (Å²) in [4.78, 5) is 0. The van der Waals surface area contributed by atoms with Crippen LogP contribution in [0.4, 0.5) is 0 Å². The van der Waals surface area contributed by atoms with Gasteiger partial charge in [-0.15, -0.1) is 0 Å². The summed E-state index contributed by atoms with van der Waals surface area (Å²) >= 11 is 0. The van der Waals surface area contributed by atoms with Crippen LogP contribution in [0.3, 0.4) is 0 Å². The number of aryl methyl sites for hydroxylation is 1. The lowest BCUT2D eigenvalue weighted by molar-refractivity contribution is 0.0857. The van der Waals surface area contributed by atoms with Crippen LogP contribution in [-0.2, 0) is 11.2 Å². The third-order valence-corrected chi connectivity index (χ3v) is 3.00. The van der Waals surface area contributed by atoms with Crippen molar-refractivity contribution in [1.82, 2.24) is 5.32 Å². The number of benzene rings is 1. The predicted molar refractivity (Wildman–Crippen MR) is 68.7 cm³/mol. The molecule has 0 spiro atoms. The van der Waals surface area contributed by atoms with Gasteiger partial charge in [-0.05, 0) is 31.5 Å². The number of hydrogen-bond acceptors (Lipinski definition) is 2. The van der Waals surface area contributed by atoms with Crippen LogP contribution >= 0.6 is 0 Å². The van der Waals surface area contributed by atoms with E-state index in [4.69, 9.17) is 4.74 Å². The van der Waals surface area contributed by atoms with E-state index in [2.05, 4.69) is 43.4 Å². The number of likely N-dealkylation sites (N-methyl/N-ethyl adjacent to an activating group) is 1. The average molecular weight is 221 g/mol. The van der Waals surface area contributed by atoms with Crippen molar-refractivity contribution in [3.8, 4) is 0 Å². The summed E-state index contributed by atoms with van der Waals surface area (Å²) in [6.07, 6.45) is 2.51. The summed E-state index contributed by atoms with van der Waals surface area (Å²) < 4.78 is 5.39. The van der Waals surface area contributed by atoms with Crippen molar-refractivity contribution in [3.63, 3.8) is 0 Å². The van der Waals surface area contributed by atoms with Gasteiger partial charge in [0.25, 0.3) is 0 Å². The Balaban J connectivity index is 2.87. The molecule has 1 aromatic rings. The number of nitrogens with one attached hydrogen (secondary N) is 1. The molecule has 0 aliphatic rings. The zero-order valence-corrected chi connectivity index (χ0v) is 10.8. The molecule has 0 aliphatic carbocycles. The van der Waals surface area contributed by atoms with Crippen molar-refractivity contribution in [2.75, 3.05) is 14.2 Å². The minimum absolute atomic E-state index is 0.182. The summed E-state index contributed by atoms with van der Waals surface area (Å²) in [6, 6.07) is 9.03. The first-order chi connectivity index (χ1) is 7.72. The van der Waals surface area contributed by atoms with Gasteiger partial charge in [-0.2, -0.15) is 0 Å². The Morgan fingerprint density at radius 2 is 2.12 bits per heavy atom. The number of methoxy groups -OCH3 is 1. The van der Waals surface area contributed by atoms with Crippen LogP contribution in [0.15, 0.2) is 24.3 Å². The standard InChI is InChI=1S/C14H23NO/c1-5-7-12-8-6-9-13(10-12)14(15-3)11(2)16-4/h6,8-11,14-15H,5,7H2,1-4H3. The van der Waals surface area contributed by atoms with E-state index in [9.17, 15) is 0 Å². The van der Waals surface area contributed by atoms with Gasteiger partial charge in [0.15, 0.2) is 0 Å². The zero-order chi connectivity index (χ0) is 12.0. The fourth-order valence-corrected chi connectivity index (χ4v) is 2.04. The molecular formula is C14H23NO. The number of ether oxygens (including phenoxy) is 1. The highest BCUT2D eigenvalue weighted by molar-refractivity contribution is 5.26. The Kier molecular flexibility index (Phi) is 5.50. The lowest BCUT2D eigenvalue weighted by atomic mass is 9.99. The first-order valence-corrected chi connectivity index (χ1v) is 6.01. The first-order valence-electron chi connectivity index (χ1n) is 6.01. The molecule has 0 amide bonds. The Morgan fingerprint density at radius 1 is 1.38 bits per heavy atom. The van der Waals surface area contributed by atoms with Crippen molar-refractivity contribution in [3.05, 3.63) is 35.4 Å². The number of rotatable bonds is 6. The predicted octanol–water partition coefficient (Wildman–Crippen LogP) is 2.93. The van der Waals surface area contributed by atoms with Gasteiger partial charge in [0, 0.05) is 7.11 Å². The maximum Gasteiger partial charge on any atom is 0.0737 e. The summed E-state index contributed by atoms with van der Waals surface area (Å²) in [5.41, 5.74) is 2.71. The fourth-order valence-electron chi connectivity index (χ4n) is 2.04. The molecule has 2 unspecified atom stereocenters. The van der Waals surface area contributed by atoms with Gasteiger partial charge >= 0.3 is 0 Å². The van der Waals surface area contributed by atoms with Gasteiger partial charge in [-0.1, -0.05) is 37.6 Å². The summed E-state index contributed by atoms with van der Waals surface area (Å²) in [7, 11) is 3.73. The first kappa shape index (κ1) is 13.2. The average Bonchev–Trinajstić information content (AvgIpc) is 2.31. The highest BCUT2D eigenvalue weighted by Crippen LogP contribution is 2.20. The lowest BCUT2D eigenvalue weighted by Crippen LogP contribution is -2.28. The third-order valence-electron chi connectivity index (χ3n) is 3.00. The van der Waals surface area contributed by atoms with Gasteiger partial charge in [0.2, 0.25) is 0 Å². The molecule has 0 aromatic heterocycles. The SMILES string of the molecule is CCCc1cccc(C(NC)C(C)OC)c1. The van der Waals surface area contributed by atoms with Crippen LogP contribution in [0, 0.1) is 0 Å². The van der Waals surface area contributed by atoms with Crippen molar-refractivity contribution >= 4 is 0 Å². The summed E-state index contributed by atoms with van der Waals surface area (Å²) in [6.45, 7) is 4.30. The molecule has 2 nitrogen and oxygen atoms in total. The van der Waals surface area contributed by atoms with Crippen LogP contribution in [0.25, 0.3) is 0 Å². The lowest BCUT2D eigenvalue weighted by Gasteiger charge is -2.23. The Labute approximate surface area is 99.0 Å². The van der Waals surface area contributed by atoms with E-state index in [1.54, 1.807) is 7.11 Å². The topological polar surface area (TPSA) is 21.3 Å². The maximum absolute atomic E-state index is 5.39. The van der Waals surface area contributed by atoms with Gasteiger partial charge in [-0.25, -0.2) is 0 Å². The van der Waals surface area contributed by atoms with E-state index in [0.717, 1.165) is 6.42 Å². The quantitative estimate of drug-likeness (QED) is 0.797. The van der Waals surface area contributed by atoms with Crippen LogP contribution < -0.4 is 5.32 Å². The fraction of sp³-hybridized carbons (Fsp3) is 0.571. The molecule has 0 aliphatic heterocycles. The molecule has 0 saturated heterocycles. The zero-order valence-electron chi connectivity index (χ0n) is 10.8. The highest BCUT2D eigenvalue weighted by Gasteiger charge is 2.16. The number of hydrogen-bond donors (Lipinski definition) is 1. The second-order valence-electron chi connectivity index (χ2n) is 4.20. The van der Waals surface area contributed by atoms with Gasteiger partial charge < -0.3 is 10.1 Å². The minimum Gasteiger partial charge on any atom is -0.380 e. The van der Waals surface area contributed by atoms with Crippen LogP contribution in [0.2, 0.25) is 0 Å². The second kappa shape index (κ2) is 6.66. The van der Waals surface area contributed by atoms with Crippen LogP contribution in [-0.4, -0.2) is 20.3 Å². The van der Waals surface area contributed by atoms with E-state index in [0.29, 0.717) is 0 Å². The Morgan fingerprint density at radius 3 is 2.69 bits per heavy atom. The monoisotopic (exact) mass is 221 g/mol. The van der Waals surface area contributed by atoms with Crippen LogP contribution in [0.5, 0.6) is 0 Å². The molecule has 2 heteroatoms. The molecule has 0 bridgehead atoms. The van der Waals surface area contributed by atoms with E-state index in [1.165, 1.54) is 17.5 Å². The van der Waals surface area contributed by atoms with Crippen molar-refractivity contribution in [2.45, 2.75) is 38.8 Å². The molecule has 16 heavy (non-hydrogen) atoms. The van der Waals surface area contributed by atoms with E-state index in [1.807, 2.05) is 7.05 Å². The van der Waals surface area contributed by atoms with E-state index >= 15 is 0 Å².